The maximum atomic E-state index is 12.8. The number of nitrogens with zero attached hydrogens (tertiary/aromatic N) is 6. The van der Waals surface area contributed by atoms with E-state index in [9.17, 15) is 4.79 Å². The number of aromatic nitrogens is 6. The van der Waals surface area contributed by atoms with Crippen LogP contribution in [0.15, 0.2) is 6.07 Å². The van der Waals surface area contributed by atoms with E-state index in [1.165, 1.54) is 0 Å². The number of carbonyl (C=O) groups is 1. The third kappa shape index (κ3) is 2.85. The molecule has 4 heterocycles. The van der Waals surface area contributed by atoms with Crippen LogP contribution in [0.25, 0.3) is 5.78 Å². The zero-order valence-electron chi connectivity index (χ0n) is 15.6. The van der Waals surface area contributed by atoms with Crippen LogP contribution in [-0.2, 0) is 24.2 Å². The van der Waals surface area contributed by atoms with Gasteiger partial charge in [0.1, 0.15) is 0 Å². The number of carbonyl (C=O) groups excluding carboxylic acids is 1. The third-order valence-corrected chi connectivity index (χ3v) is 4.84. The van der Waals surface area contributed by atoms with Crippen LogP contribution in [0.2, 0.25) is 0 Å². The number of nitrogens with one attached hydrogen (secondary N) is 1. The van der Waals surface area contributed by atoms with Gasteiger partial charge in [-0.05, 0) is 25.8 Å². The molecular formula is C18H23N7O. The molecule has 26 heavy (non-hydrogen) atoms. The third-order valence-electron chi connectivity index (χ3n) is 4.84. The summed E-state index contributed by atoms with van der Waals surface area (Å²) in [5, 5.41) is 12.0. The van der Waals surface area contributed by atoms with Gasteiger partial charge in [0.15, 0.2) is 5.82 Å². The minimum atomic E-state index is 0.0387. The number of fused-ring (bicyclic) bond motifs is 2. The molecule has 4 rings (SSSR count). The molecule has 0 spiro atoms. The molecule has 3 aromatic rings. The molecule has 0 fully saturated rings. The van der Waals surface area contributed by atoms with Gasteiger partial charge < -0.3 is 4.90 Å². The number of H-pyrrole nitrogens is 1. The van der Waals surface area contributed by atoms with Crippen molar-refractivity contribution in [2.45, 2.75) is 53.0 Å². The smallest absolute Gasteiger partial charge is 0.252 e. The Morgan fingerprint density at radius 3 is 2.88 bits per heavy atom. The number of rotatable bonds is 3. The van der Waals surface area contributed by atoms with Crippen LogP contribution in [0.5, 0.6) is 0 Å². The standard InChI is InChI=1S/C18H23N7O/c1-10(2)17-13-9-24(6-5-14(13)21-22-17)16(26)8-15-20-18-19-11(3)7-12(4)25(18)23-15/h7,10H,5-6,8-9H2,1-4H3,(H,21,22). The van der Waals surface area contributed by atoms with Crippen LogP contribution in [0.1, 0.15) is 53.9 Å². The fourth-order valence-corrected chi connectivity index (χ4v) is 3.54. The lowest BCUT2D eigenvalue weighted by atomic mass is 9.99. The van der Waals surface area contributed by atoms with Gasteiger partial charge in [-0.3, -0.25) is 9.89 Å². The molecule has 8 nitrogen and oxygen atoms in total. The van der Waals surface area contributed by atoms with Crippen molar-refractivity contribution in [1.29, 1.82) is 0 Å². The summed E-state index contributed by atoms with van der Waals surface area (Å²) in [4.78, 5) is 23.5. The maximum Gasteiger partial charge on any atom is 0.252 e. The Hall–Kier alpha value is -2.77. The highest BCUT2D eigenvalue weighted by atomic mass is 16.2. The zero-order valence-corrected chi connectivity index (χ0v) is 15.6. The van der Waals surface area contributed by atoms with Crippen molar-refractivity contribution in [3.8, 4) is 0 Å². The Kier molecular flexibility index (Phi) is 3.97. The Bertz CT molecular complexity index is 985. The largest absolute Gasteiger partial charge is 0.337 e. The average molecular weight is 353 g/mol. The number of hydrogen-bond acceptors (Lipinski definition) is 5. The molecular weight excluding hydrogens is 330 g/mol. The first-order valence-electron chi connectivity index (χ1n) is 8.96. The van der Waals surface area contributed by atoms with E-state index in [-0.39, 0.29) is 12.3 Å². The van der Waals surface area contributed by atoms with Gasteiger partial charge in [-0.2, -0.15) is 10.1 Å². The molecule has 0 radical (unpaired) electrons. The molecule has 1 aliphatic rings. The van der Waals surface area contributed by atoms with Gasteiger partial charge in [0.2, 0.25) is 5.91 Å². The highest BCUT2D eigenvalue weighted by Crippen LogP contribution is 2.25. The van der Waals surface area contributed by atoms with Gasteiger partial charge in [-0.1, -0.05) is 13.8 Å². The molecule has 136 valence electrons. The summed E-state index contributed by atoms with van der Waals surface area (Å²) in [6, 6.07) is 1.95. The predicted octanol–water partition coefficient (Wildman–Crippen LogP) is 1.72. The summed E-state index contributed by atoms with van der Waals surface area (Å²) in [6.07, 6.45) is 0.991. The van der Waals surface area contributed by atoms with Crippen molar-refractivity contribution >= 4 is 11.7 Å². The lowest BCUT2D eigenvalue weighted by molar-refractivity contribution is -0.131. The minimum Gasteiger partial charge on any atom is -0.337 e. The molecule has 0 saturated heterocycles. The van der Waals surface area contributed by atoms with Crippen molar-refractivity contribution in [3.05, 3.63) is 40.2 Å². The minimum absolute atomic E-state index is 0.0387. The molecule has 1 aliphatic heterocycles. The van der Waals surface area contributed by atoms with Crippen molar-refractivity contribution < 1.29 is 4.79 Å². The summed E-state index contributed by atoms with van der Waals surface area (Å²) in [7, 11) is 0. The lowest BCUT2D eigenvalue weighted by Gasteiger charge is -2.27. The molecule has 0 aliphatic carbocycles. The van der Waals surface area contributed by atoms with Gasteiger partial charge in [0, 0.05) is 42.2 Å². The van der Waals surface area contributed by atoms with Crippen molar-refractivity contribution in [1.82, 2.24) is 34.7 Å². The summed E-state index contributed by atoms with van der Waals surface area (Å²) < 4.78 is 1.69. The maximum absolute atomic E-state index is 12.8. The van der Waals surface area contributed by atoms with E-state index in [4.69, 9.17) is 0 Å². The van der Waals surface area contributed by atoms with Gasteiger partial charge in [0.05, 0.1) is 12.1 Å². The Morgan fingerprint density at radius 1 is 1.31 bits per heavy atom. The molecule has 1 N–H and O–H groups in total. The molecule has 0 aromatic carbocycles. The molecule has 0 atom stereocenters. The molecule has 3 aromatic heterocycles. The van der Waals surface area contributed by atoms with E-state index >= 15 is 0 Å². The summed E-state index contributed by atoms with van der Waals surface area (Å²) in [6.45, 7) is 9.41. The van der Waals surface area contributed by atoms with Gasteiger partial charge in [0.25, 0.3) is 5.78 Å². The van der Waals surface area contributed by atoms with Gasteiger partial charge >= 0.3 is 0 Å². The van der Waals surface area contributed by atoms with Gasteiger partial charge in [-0.15, -0.1) is 5.10 Å². The molecule has 0 saturated carbocycles. The lowest BCUT2D eigenvalue weighted by Crippen LogP contribution is -2.37. The number of aromatic amines is 1. The number of aryl methyl sites for hydroxylation is 2. The second-order valence-electron chi connectivity index (χ2n) is 7.24. The van der Waals surface area contributed by atoms with Crippen LogP contribution in [-0.4, -0.2) is 47.1 Å². The fourth-order valence-electron chi connectivity index (χ4n) is 3.54. The first kappa shape index (κ1) is 16.7. The topological polar surface area (TPSA) is 92.1 Å². The van der Waals surface area contributed by atoms with E-state index in [2.05, 4.69) is 39.1 Å². The van der Waals surface area contributed by atoms with E-state index in [1.807, 2.05) is 24.8 Å². The van der Waals surface area contributed by atoms with Gasteiger partial charge in [-0.25, -0.2) is 9.50 Å². The fraction of sp³-hybridized carbons (Fsp3) is 0.500. The van der Waals surface area contributed by atoms with E-state index in [0.29, 0.717) is 30.6 Å². The summed E-state index contributed by atoms with van der Waals surface area (Å²) in [5.74, 6) is 1.43. The van der Waals surface area contributed by atoms with Crippen LogP contribution in [0.4, 0.5) is 0 Å². The molecule has 0 unspecified atom stereocenters. The molecule has 8 heteroatoms. The number of amides is 1. The van der Waals surface area contributed by atoms with E-state index in [0.717, 1.165) is 34.8 Å². The monoisotopic (exact) mass is 353 g/mol. The van der Waals surface area contributed by atoms with Crippen LogP contribution in [0, 0.1) is 13.8 Å². The van der Waals surface area contributed by atoms with Crippen LogP contribution in [0.3, 0.4) is 0 Å². The first-order valence-corrected chi connectivity index (χ1v) is 8.96. The van der Waals surface area contributed by atoms with Crippen LogP contribution < -0.4 is 0 Å². The second kappa shape index (κ2) is 6.19. The quantitative estimate of drug-likeness (QED) is 0.774. The highest BCUT2D eigenvalue weighted by Gasteiger charge is 2.26. The summed E-state index contributed by atoms with van der Waals surface area (Å²) in [5.41, 5.74) is 5.22. The summed E-state index contributed by atoms with van der Waals surface area (Å²) >= 11 is 0. The Balaban J connectivity index is 1.54. The van der Waals surface area contributed by atoms with Crippen molar-refractivity contribution in [3.63, 3.8) is 0 Å². The van der Waals surface area contributed by atoms with E-state index < -0.39 is 0 Å². The van der Waals surface area contributed by atoms with Crippen molar-refractivity contribution in [2.75, 3.05) is 6.54 Å². The zero-order chi connectivity index (χ0) is 18.4. The van der Waals surface area contributed by atoms with Crippen molar-refractivity contribution in [2.24, 2.45) is 0 Å². The second-order valence-corrected chi connectivity index (χ2v) is 7.24. The van der Waals surface area contributed by atoms with E-state index in [1.54, 1.807) is 4.52 Å². The highest BCUT2D eigenvalue weighted by molar-refractivity contribution is 5.78. The Labute approximate surface area is 151 Å². The average Bonchev–Trinajstić information content (AvgIpc) is 3.17. The molecule has 0 bridgehead atoms. The molecule has 1 amide bonds. The Morgan fingerprint density at radius 2 is 2.12 bits per heavy atom. The number of hydrogen-bond donors (Lipinski definition) is 1. The van der Waals surface area contributed by atoms with Crippen LogP contribution >= 0.6 is 0 Å². The normalized spacial score (nSPS) is 14.3. The first-order chi connectivity index (χ1) is 12.4. The predicted molar refractivity (Wildman–Crippen MR) is 95.8 cm³/mol. The SMILES string of the molecule is Cc1cc(C)n2nc(CC(=O)N3CCc4[nH]nc(C(C)C)c4C3)nc2n1.